The Morgan fingerprint density at radius 2 is 1.71 bits per heavy atom. The molecular weight excluding hydrogens is 421 g/mol. The van der Waals surface area contributed by atoms with Gasteiger partial charge in [-0.2, -0.15) is 22.0 Å². The van der Waals surface area contributed by atoms with E-state index < -0.39 is 58.3 Å². The molecule has 14 heteroatoms. The number of esters is 1. The van der Waals surface area contributed by atoms with Crippen LogP contribution in [0.4, 0.5) is 22.0 Å². The van der Waals surface area contributed by atoms with E-state index in [0.717, 1.165) is 0 Å². The summed E-state index contributed by atoms with van der Waals surface area (Å²) in [6.07, 6.45) is -7.47. The van der Waals surface area contributed by atoms with Gasteiger partial charge >= 0.3 is 29.1 Å². The number of alkyl halides is 5. The van der Waals surface area contributed by atoms with E-state index in [0.29, 0.717) is 4.90 Å². The van der Waals surface area contributed by atoms with Gasteiger partial charge in [0.25, 0.3) is 0 Å². The minimum Gasteiger partial charge on any atom is -0.743 e. The van der Waals surface area contributed by atoms with E-state index in [1.54, 1.807) is 0 Å². The second kappa shape index (κ2) is 9.13. The van der Waals surface area contributed by atoms with E-state index in [1.807, 2.05) is 0 Å². The molecule has 0 aromatic heterocycles. The Morgan fingerprint density at radius 3 is 2.04 bits per heavy atom. The highest BCUT2D eigenvalue weighted by Crippen LogP contribution is 2.38. The zero-order chi connectivity index (χ0) is 22.6. The predicted octanol–water partition coefficient (Wildman–Crippen LogP) is 1.78. The van der Waals surface area contributed by atoms with E-state index in [1.165, 1.54) is 20.8 Å². The number of rotatable bonds is 10. The predicted molar refractivity (Wildman–Crippen MR) is 82.8 cm³/mol. The summed E-state index contributed by atoms with van der Waals surface area (Å²) in [5.41, 5.74) is 0. The molecule has 164 valence electrons. The molecule has 0 N–H and O–H groups in total. The molecule has 0 aliphatic carbocycles. The quantitative estimate of drug-likeness (QED) is 0.167. The average molecular weight is 440 g/mol. The van der Waals surface area contributed by atoms with Gasteiger partial charge in [0.15, 0.2) is 10.1 Å². The fourth-order valence-electron chi connectivity index (χ4n) is 1.95. The number of carbonyl (C=O) groups excluding carboxylic acids is 2. The zero-order valence-corrected chi connectivity index (χ0v) is 15.9. The molecule has 0 heterocycles. The van der Waals surface area contributed by atoms with Crippen LogP contribution in [-0.4, -0.2) is 66.2 Å². The average Bonchev–Trinajstić information content (AvgIpc) is 2.51. The molecule has 0 fully saturated rings. The maximum Gasteiger partial charge on any atom is 0.466 e. The number of hydrogen-bond acceptors (Lipinski definition) is 7. The van der Waals surface area contributed by atoms with Gasteiger partial charge in [0.1, 0.15) is 0 Å². The van der Waals surface area contributed by atoms with E-state index in [2.05, 4.69) is 16.1 Å². The summed E-state index contributed by atoms with van der Waals surface area (Å²) in [7, 11) is -6.20. The Labute approximate surface area is 158 Å². The van der Waals surface area contributed by atoms with Gasteiger partial charge in [-0.1, -0.05) is 6.58 Å². The van der Waals surface area contributed by atoms with E-state index in [9.17, 15) is 44.5 Å². The zero-order valence-electron chi connectivity index (χ0n) is 15.1. The first kappa shape index (κ1) is 26.2. The lowest BCUT2D eigenvalue weighted by atomic mass is 10.1. The number of nitrogens with zero attached hydrogens (tertiary/aromatic N) is 1. The van der Waals surface area contributed by atoms with Crippen molar-refractivity contribution in [2.24, 2.45) is 0 Å². The van der Waals surface area contributed by atoms with Gasteiger partial charge in [0, 0.05) is 25.1 Å². The summed E-state index contributed by atoms with van der Waals surface area (Å²) in [6.45, 7) is 4.78. The molecule has 0 aromatic rings. The van der Waals surface area contributed by atoms with E-state index in [-0.39, 0.29) is 12.6 Å². The van der Waals surface area contributed by atoms with Gasteiger partial charge in [-0.25, -0.2) is 13.2 Å². The maximum atomic E-state index is 13.7. The third-order valence-electron chi connectivity index (χ3n) is 3.35. The Balaban J connectivity index is 6.11. The molecule has 0 aromatic carbocycles. The van der Waals surface area contributed by atoms with Gasteiger partial charge in [-0.15, -0.1) is 0 Å². The van der Waals surface area contributed by atoms with Gasteiger partial charge in [-0.3, -0.25) is 4.79 Å². The molecule has 1 amide bonds. The first-order valence-electron chi connectivity index (χ1n) is 7.67. The molecular formula is C14H19F5NO7S-. The van der Waals surface area contributed by atoms with Crippen molar-refractivity contribution in [1.82, 2.24) is 4.90 Å². The highest BCUT2D eigenvalue weighted by molar-refractivity contribution is 7.86. The lowest BCUT2D eigenvalue weighted by Gasteiger charge is -2.38. The van der Waals surface area contributed by atoms with Crippen LogP contribution in [0.1, 0.15) is 27.2 Å². The fraction of sp³-hybridized carbons (Fsp3) is 0.714. The van der Waals surface area contributed by atoms with E-state index >= 15 is 0 Å². The number of hydrogen-bond donors (Lipinski definition) is 0. The lowest BCUT2D eigenvalue weighted by molar-refractivity contribution is -0.351. The Hall–Kier alpha value is -1.80. The second-order valence-electron chi connectivity index (χ2n) is 5.61. The number of carbonyl (C=O) groups is 2. The molecule has 28 heavy (non-hydrogen) atoms. The molecule has 0 saturated heterocycles. The second-order valence-corrected chi connectivity index (χ2v) is 7.12. The monoisotopic (exact) mass is 440 g/mol. The molecule has 0 rings (SSSR count). The van der Waals surface area contributed by atoms with Gasteiger partial charge in [-0.05, 0) is 20.8 Å². The molecule has 0 spiro atoms. The standard InChI is InChI=1S/C14H20F5NO7S/c1-5-10(21)27-13(14(17,18)19,11(22)20(6-2)9(3)4)26-8-7-12(15,16)28(23,24)25/h5,9H,1,6-8H2,2-4H3,(H,23,24,25)/p-1. The summed E-state index contributed by atoms with van der Waals surface area (Å²) in [6, 6.07) is -0.839. The first-order chi connectivity index (χ1) is 12.5. The number of likely N-dealkylation sites (N-methyl/N-ethyl adjacent to an activating group) is 1. The summed E-state index contributed by atoms with van der Waals surface area (Å²) in [5.74, 6) is -8.03. The van der Waals surface area contributed by atoms with Crippen molar-refractivity contribution in [1.29, 1.82) is 0 Å². The van der Waals surface area contributed by atoms with Gasteiger partial charge in [0.05, 0.1) is 6.61 Å². The van der Waals surface area contributed by atoms with Crippen LogP contribution in [0.25, 0.3) is 0 Å². The van der Waals surface area contributed by atoms with Crippen LogP contribution in [0.2, 0.25) is 0 Å². The largest absolute Gasteiger partial charge is 0.743 e. The highest BCUT2D eigenvalue weighted by Gasteiger charge is 2.67. The van der Waals surface area contributed by atoms with Crippen molar-refractivity contribution < 1.29 is 54.0 Å². The first-order valence-corrected chi connectivity index (χ1v) is 9.08. The van der Waals surface area contributed by atoms with Crippen molar-refractivity contribution in [2.75, 3.05) is 13.2 Å². The number of amides is 1. The van der Waals surface area contributed by atoms with Gasteiger partial charge in [0.2, 0.25) is 0 Å². The summed E-state index contributed by atoms with van der Waals surface area (Å²) in [4.78, 5) is 24.5. The lowest BCUT2D eigenvalue weighted by Crippen LogP contribution is -2.63. The van der Waals surface area contributed by atoms with Crippen molar-refractivity contribution in [3.8, 4) is 0 Å². The summed E-state index contributed by atoms with van der Waals surface area (Å²) < 4.78 is 107. The fourth-order valence-corrected chi connectivity index (χ4v) is 2.28. The molecule has 0 aliphatic rings. The van der Waals surface area contributed by atoms with Crippen LogP contribution in [0.5, 0.6) is 0 Å². The van der Waals surface area contributed by atoms with Crippen LogP contribution in [0.3, 0.4) is 0 Å². The van der Waals surface area contributed by atoms with Crippen molar-refractivity contribution >= 4 is 22.0 Å². The van der Waals surface area contributed by atoms with Crippen LogP contribution >= 0.6 is 0 Å². The van der Waals surface area contributed by atoms with Crippen molar-refractivity contribution in [2.45, 2.75) is 50.5 Å². The Bertz CT molecular complexity index is 693. The highest BCUT2D eigenvalue weighted by atomic mass is 32.2. The summed E-state index contributed by atoms with van der Waals surface area (Å²) in [5, 5.41) is -4.97. The maximum absolute atomic E-state index is 13.7. The molecule has 0 aliphatic heterocycles. The van der Waals surface area contributed by atoms with Crippen molar-refractivity contribution in [3.05, 3.63) is 12.7 Å². The SMILES string of the molecule is C=CC(=O)OC(OCCC(F)(F)S(=O)(=O)[O-])(C(=O)N(CC)C(C)C)C(F)(F)F. The molecule has 8 nitrogen and oxygen atoms in total. The molecule has 1 atom stereocenters. The number of ether oxygens (including phenoxy) is 2. The van der Waals surface area contributed by atoms with E-state index in [4.69, 9.17) is 0 Å². The molecule has 1 unspecified atom stereocenters. The van der Waals surface area contributed by atoms with Gasteiger partial charge < -0.3 is 18.9 Å². The van der Waals surface area contributed by atoms with Crippen LogP contribution < -0.4 is 0 Å². The summed E-state index contributed by atoms with van der Waals surface area (Å²) >= 11 is 0. The minimum absolute atomic E-state index is 0.277. The molecule has 0 bridgehead atoms. The number of halogens is 5. The Kier molecular flexibility index (Phi) is 8.55. The van der Waals surface area contributed by atoms with Crippen molar-refractivity contribution in [3.63, 3.8) is 0 Å². The topological polar surface area (TPSA) is 113 Å². The smallest absolute Gasteiger partial charge is 0.466 e. The third kappa shape index (κ3) is 5.85. The molecule has 0 saturated carbocycles. The molecule has 0 radical (unpaired) electrons. The Morgan fingerprint density at radius 1 is 1.21 bits per heavy atom. The van der Waals surface area contributed by atoms with Crippen LogP contribution in [0, 0.1) is 0 Å². The minimum atomic E-state index is -6.20. The normalized spacial score (nSPS) is 15.1. The van der Waals surface area contributed by atoms with Crippen LogP contribution in [0.15, 0.2) is 12.7 Å². The third-order valence-corrected chi connectivity index (χ3v) is 4.29. The van der Waals surface area contributed by atoms with Crippen LogP contribution in [-0.2, 0) is 29.2 Å².